The van der Waals surface area contributed by atoms with Gasteiger partial charge in [0.05, 0.1) is 20.3 Å². The van der Waals surface area contributed by atoms with Crippen molar-refractivity contribution in [1.29, 1.82) is 0 Å². The number of nitrogens with one attached hydrogen (secondary N) is 1. The van der Waals surface area contributed by atoms with Crippen LogP contribution in [0.15, 0.2) is 18.2 Å². The predicted molar refractivity (Wildman–Crippen MR) is 88.5 cm³/mol. The van der Waals surface area contributed by atoms with Crippen LogP contribution in [0.3, 0.4) is 0 Å². The average Bonchev–Trinajstić information content (AvgIpc) is 2.56. The quantitative estimate of drug-likeness (QED) is 0.725. The standard InChI is InChI=1S/C18H29NO3/c1-21-17-10-9-14(12-18(17)22-2)13-19-11-5-7-15-6-3-4-8-16(15)20/h9-10,12,15-16,19-20H,3-8,11,13H2,1-2H3. The third-order valence-electron chi connectivity index (χ3n) is 4.57. The molecule has 0 saturated heterocycles. The second-order valence-corrected chi connectivity index (χ2v) is 6.12. The molecule has 1 saturated carbocycles. The van der Waals surface area contributed by atoms with Gasteiger partial charge < -0.3 is 19.9 Å². The number of hydrogen-bond acceptors (Lipinski definition) is 4. The topological polar surface area (TPSA) is 50.7 Å². The number of hydrogen-bond donors (Lipinski definition) is 2. The predicted octanol–water partition coefficient (Wildman–Crippen LogP) is 3.12. The first-order chi connectivity index (χ1) is 10.7. The van der Waals surface area contributed by atoms with Crippen molar-refractivity contribution in [3.63, 3.8) is 0 Å². The zero-order valence-corrected chi connectivity index (χ0v) is 13.8. The highest BCUT2D eigenvalue weighted by Gasteiger charge is 2.21. The van der Waals surface area contributed by atoms with Crippen LogP contribution in [0.25, 0.3) is 0 Å². The molecule has 22 heavy (non-hydrogen) atoms. The Morgan fingerprint density at radius 2 is 1.91 bits per heavy atom. The minimum Gasteiger partial charge on any atom is -0.493 e. The van der Waals surface area contributed by atoms with E-state index in [9.17, 15) is 5.11 Å². The number of ether oxygens (including phenoxy) is 2. The molecule has 0 radical (unpaired) electrons. The summed E-state index contributed by atoms with van der Waals surface area (Å²) in [5, 5.41) is 13.4. The third kappa shape index (κ3) is 4.89. The van der Waals surface area contributed by atoms with Gasteiger partial charge in [-0.3, -0.25) is 0 Å². The van der Waals surface area contributed by atoms with Crippen LogP contribution in [-0.2, 0) is 6.54 Å². The lowest BCUT2D eigenvalue weighted by Gasteiger charge is -2.27. The first-order valence-corrected chi connectivity index (χ1v) is 8.34. The Labute approximate surface area is 133 Å². The van der Waals surface area contributed by atoms with Gasteiger partial charge in [0, 0.05) is 6.54 Å². The zero-order valence-electron chi connectivity index (χ0n) is 13.8. The molecule has 4 nitrogen and oxygen atoms in total. The first-order valence-electron chi connectivity index (χ1n) is 8.34. The molecule has 0 heterocycles. The van der Waals surface area contributed by atoms with Crippen LogP contribution >= 0.6 is 0 Å². The molecule has 4 heteroatoms. The molecule has 124 valence electrons. The molecule has 1 aromatic carbocycles. The monoisotopic (exact) mass is 307 g/mol. The fourth-order valence-electron chi connectivity index (χ4n) is 3.24. The smallest absolute Gasteiger partial charge is 0.161 e. The van der Waals surface area contributed by atoms with Gasteiger partial charge in [-0.1, -0.05) is 18.9 Å². The SMILES string of the molecule is COc1ccc(CNCCCC2CCCCC2O)cc1OC. The molecule has 1 aliphatic carbocycles. The molecule has 2 unspecified atom stereocenters. The molecule has 2 rings (SSSR count). The van der Waals surface area contributed by atoms with Gasteiger partial charge in [-0.05, 0) is 55.8 Å². The molecule has 0 amide bonds. The van der Waals surface area contributed by atoms with E-state index < -0.39 is 0 Å². The number of methoxy groups -OCH3 is 2. The highest BCUT2D eigenvalue weighted by molar-refractivity contribution is 5.42. The maximum Gasteiger partial charge on any atom is 0.161 e. The highest BCUT2D eigenvalue weighted by atomic mass is 16.5. The second kappa shape index (κ2) is 9.01. The number of rotatable bonds is 8. The highest BCUT2D eigenvalue weighted by Crippen LogP contribution is 2.28. The molecule has 0 aromatic heterocycles. The van der Waals surface area contributed by atoms with Gasteiger partial charge in [0.1, 0.15) is 0 Å². The van der Waals surface area contributed by atoms with Gasteiger partial charge in [0.25, 0.3) is 0 Å². The van der Waals surface area contributed by atoms with Crippen molar-refractivity contribution in [1.82, 2.24) is 5.32 Å². The minimum absolute atomic E-state index is 0.0698. The maximum absolute atomic E-state index is 9.96. The lowest BCUT2D eigenvalue weighted by Crippen LogP contribution is -2.25. The van der Waals surface area contributed by atoms with Crippen molar-refractivity contribution in [2.75, 3.05) is 20.8 Å². The Morgan fingerprint density at radius 1 is 1.14 bits per heavy atom. The van der Waals surface area contributed by atoms with Crippen LogP contribution in [0, 0.1) is 5.92 Å². The lowest BCUT2D eigenvalue weighted by molar-refractivity contribution is 0.0643. The summed E-state index contributed by atoms with van der Waals surface area (Å²) in [7, 11) is 3.31. The summed E-state index contributed by atoms with van der Waals surface area (Å²) in [5.41, 5.74) is 1.19. The van der Waals surface area contributed by atoms with Crippen LogP contribution in [0.2, 0.25) is 0 Å². The van der Waals surface area contributed by atoms with E-state index in [4.69, 9.17) is 9.47 Å². The largest absolute Gasteiger partial charge is 0.493 e. The van der Waals surface area contributed by atoms with E-state index in [1.165, 1.54) is 24.8 Å². The summed E-state index contributed by atoms with van der Waals surface area (Å²) in [6.07, 6.45) is 6.82. The summed E-state index contributed by atoms with van der Waals surface area (Å²) in [6, 6.07) is 6.00. The lowest BCUT2D eigenvalue weighted by atomic mass is 9.83. The summed E-state index contributed by atoms with van der Waals surface area (Å²) < 4.78 is 10.6. The summed E-state index contributed by atoms with van der Waals surface area (Å²) in [6.45, 7) is 1.81. The molecular formula is C18H29NO3. The van der Waals surface area contributed by atoms with E-state index in [2.05, 4.69) is 11.4 Å². The van der Waals surface area contributed by atoms with E-state index in [1.807, 2.05) is 12.1 Å². The van der Waals surface area contributed by atoms with Crippen LogP contribution in [-0.4, -0.2) is 32.0 Å². The van der Waals surface area contributed by atoms with Crippen molar-refractivity contribution in [3.05, 3.63) is 23.8 Å². The van der Waals surface area contributed by atoms with Gasteiger partial charge in [0.15, 0.2) is 11.5 Å². The molecule has 2 atom stereocenters. The van der Waals surface area contributed by atoms with Crippen molar-refractivity contribution < 1.29 is 14.6 Å². The van der Waals surface area contributed by atoms with Crippen LogP contribution in [0.4, 0.5) is 0 Å². The van der Waals surface area contributed by atoms with E-state index >= 15 is 0 Å². The molecule has 0 aliphatic heterocycles. The second-order valence-electron chi connectivity index (χ2n) is 6.12. The van der Waals surface area contributed by atoms with Crippen molar-refractivity contribution in [3.8, 4) is 11.5 Å². The molecule has 0 bridgehead atoms. The maximum atomic E-state index is 9.96. The normalized spacial score (nSPS) is 21.6. The van der Waals surface area contributed by atoms with Gasteiger partial charge in [0.2, 0.25) is 0 Å². The fraction of sp³-hybridized carbons (Fsp3) is 0.667. The summed E-state index contributed by atoms with van der Waals surface area (Å²) in [5.74, 6) is 2.04. The molecule has 0 spiro atoms. The van der Waals surface area contributed by atoms with Crippen LogP contribution < -0.4 is 14.8 Å². The number of aliphatic hydroxyl groups is 1. The zero-order chi connectivity index (χ0) is 15.8. The van der Waals surface area contributed by atoms with E-state index in [-0.39, 0.29) is 6.10 Å². The van der Waals surface area contributed by atoms with Crippen molar-refractivity contribution in [2.24, 2.45) is 5.92 Å². The van der Waals surface area contributed by atoms with Crippen molar-refractivity contribution in [2.45, 2.75) is 51.2 Å². The summed E-state index contributed by atoms with van der Waals surface area (Å²) in [4.78, 5) is 0. The Balaban J connectivity index is 1.68. The van der Waals surface area contributed by atoms with Crippen molar-refractivity contribution >= 4 is 0 Å². The van der Waals surface area contributed by atoms with Gasteiger partial charge >= 0.3 is 0 Å². The third-order valence-corrected chi connectivity index (χ3v) is 4.57. The van der Waals surface area contributed by atoms with Crippen LogP contribution in [0.1, 0.15) is 44.1 Å². The Hall–Kier alpha value is -1.26. The Bertz CT molecular complexity index is 450. The number of benzene rings is 1. The fourth-order valence-corrected chi connectivity index (χ4v) is 3.24. The summed E-state index contributed by atoms with van der Waals surface area (Å²) >= 11 is 0. The molecule has 1 aromatic rings. The average molecular weight is 307 g/mol. The van der Waals surface area contributed by atoms with E-state index in [1.54, 1.807) is 14.2 Å². The Morgan fingerprint density at radius 3 is 2.64 bits per heavy atom. The van der Waals surface area contributed by atoms with Gasteiger partial charge in [-0.15, -0.1) is 0 Å². The Kier molecular flexibility index (Phi) is 7.00. The van der Waals surface area contributed by atoms with E-state index in [0.29, 0.717) is 5.92 Å². The molecular weight excluding hydrogens is 278 g/mol. The van der Waals surface area contributed by atoms with Gasteiger partial charge in [-0.2, -0.15) is 0 Å². The van der Waals surface area contributed by atoms with E-state index in [0.717, 1.165) is 43.9 Å². The molecule has 2 N–H and O–H groups in total. The van der Waals surface area contributed by atoms with Gasteiger partial charge in [-0.25, -0.2) is 0 Å². The number of aliphatic hydroxyl groups excluding tert-OH is 1. The molecule has 1 fully saturated rings. The minimum atomic E-state index is -0.0698. The first kappa shape index (κ1) is 17.1. The van der Waals surface area contributed by atoms with Crippen LogP contribution in [0.5, 0.6) is 11.5 Å². The molecule has 1 aliphatic rings.